The van der Waals surface area contributed by atoms with Gasteiger partial charge in [-0.05, 0) is 84.8 Å². The van der Waals surface area contributed by atoms with E-state index in [1.807, 2.05) is 39.8 Å². The van der Waals surface area contributed by atoms with Crippen molar-refractivity contribution in [3.8, 4) is 6.07 Å². The summed E-state index contributed by atoms with van der Waals surface area (Å²) in [7, 11) is 0. The molecule has 1 aliphatic heterocycles. The molecule has 2 aliphatic rings. The number of alkyl halides is 3. The van der Waals surface area contributed by atoms with E-state index < -0.39 is 23.1 Å². The number of nitriles is 1. The molecular weight excluding hydrogens is 610 g/mol. The van der Waals surface area contributed by atoms with Crippen molar-refractivity contribution >= 4 is 34.8 Å². The van der Waals surface area contributed by atoms with E-state index in [2.05, 4.69) is 6.07 Å². The Kier molecular flexibility index (Phi) is 8.38. The predicted octanol–water partition coefficient (Wildman–Crippen LogP) is 9.35. The van der Waals surface area contributed by atoms with E-state index in [1.165, 1.54) is 40.9 Å². The van der Waals surface area contributed by atoms with E-state index in [9.17, 15) is 27.6 Å². The van der Waals surface area contributed by atoms with E-state index >= 15 is 0 Å². The quantitative estimate of drug-likeness (QED) is 0.223. The van der Waals surface area contributed by atoms with Gasteiger partial charge in [0.25, 0.3) is 0 Å². The maximum Gasteiger partial charge on any atom is 0.418 e. The molecule has 0 aromatic heterocycles. The molecule has 1 aliphatic carbocycles. The second-order valence-corrected chi connectivity index (χ2v) is 13.5. The van der Waals surface area contributed by atoms with Gasteiger partial charge in [-0.3, -0.25) is 9.69 Å². The van der Waals surface area contributed by atoms with Crippen molar-refractivity contribution in [2.24, 2.45) is 11.1 Å². The van der Waals surface area contributed by atoms with E-state index in [4.69, 9.17) is 17.3 Å². The van der Waals surface area contributed by atoms with Crippen LogP contribution >= 0.6 is 23.4 Å². The van der Waals surface area contributed by atoms with E-state index in [-0.39, 0.29) is 52.1 Å². The van der Waals surface area contributed by atoms with E-state index in [1.54, 1.807) is 12.1 Å². The Balaban J connectivity index is 1.71. The van der Waals surface area contributed by atoms with Gasteiger partial charge >= 0.3 is 6.18 Å². The van der Waals surface area contributed by atoms with Crippen LogP contribution in [0, 0.1) is 36.4 Å². The van der Waals surface area contributed by atoms with Crippen molar-refractivity contribution in [2.75, 3.05) is 4.90 Å². The molecule has 3 aromatic rings. The van der Waals surface area contributed by atoms with Crippen LogP contribution in [0.4, 0.5) is 23.2 Å². The molecular formula is C34H30ClF4N3OS. The van der Waals surface area contributed by atoms with Gasteiger partial charge in [-0.2, -0.15) is 18.4 Å². The Labute approximate surface area is 263 Å². The smallest absolute Gasteiger partial charge is 0.384 e. The monoisotopic (exact) mass is 639 g/mol. The highest BCUT2D eigenvalue weighted by Gasteiger charge is 2.47. The number of carbonyl (C=O) groups is 1. The standard InChI is InChI=1S/C34H30ClF4N3OS/c1-18-11-20(17-44-23-8-6-22(36)7-9-23)19(2)24(12-18)30-25(16-40)32(41)42(28-14-33(3,4)15-29(43)31(28)30)27-10-5-21(35)13-26(27)34(37,38)39/h5-13,30H,14-15,17,41H2,1-4H3. The maximum atomic E-state index is 14.3. The molecule has 2 N–H and O–H groups in total. The highest BCUT2D eigenvalue weighted by atomic mass is 35.5. The van der Waals surface area contributed by atoms with Gasteiger partial charge in [-0.1, -0.05) is 43.1 Å². The van der Waals surface area contributed by atoms with Gasteiger partial charge in [0.1, 0.15) is 11.6 Å². The minimum absolute atomic E-state index is 0.00529. The Hall–Kier alpha value is -3.74. The van der Waals surface area contributed by atoms with Crippen LogP contribution in [-0.4, -0.2) is 5.78 Å². The van der Waals surface area contributed by atoms with Gasteiger partial charge < -0.3 is 5.73 Å². The lowest BCUT2D eigenvalue weighted by atomic mass is 9.68. The summed E-state index contributed by atoms with van der Waals surface area (Å²) < 4.78 is 56.4. The minimum Gasteiger partial charge on any atom is -0.384 e. The summed E-state index contributed by atoms with van der Waals surface area (Å²) in [5.41, 5.74) is 8.82. The predicted molar refractivity (Wildman–Crippen MR) is 165 cm³/mol. The lowest BCUT2D eigenvalue weighted by Gasteiger charge is -2.44. The summed E-state index contributed by atoms with van der Waals surface area (Å²) in [6, 6.07) is 15.7. The first kappa shape index (κ1) is 31.7. The number of halogens is 5. The van der Waals surface area contributed by atoms with Crippen molar-refractivity contribution in [3.63, 3.8) is 0 Å². The van der Waals surface area contributed by atoms with Gasteiger partial charge in [-0.15, -0.1) is 11.8 Å². The van der Waals surface area contributed by atoms with Crippen LogP contribution in [0.1, 0.15) is 60.4 Å². The zero-order valence-electron chi connectivity index (χ0n) is 24.6. The van der Waals surface area contributed by atoms with Crippen LogP contribution in [-0.2, 0) is 16.7 Å². The minimum atomic E-state index is -4.77. The number of nitrogens with two attached hydrogens (primary N) is 1. The van der Waals surface area contributed by atoms with Crippen molar-refractivity contribution in [2.45, 2.75) is 63.3 Å². The lowest BCUT2D eigenvalue weighted by Crippen LogP contribution is -2.42. The molecule has 0 radical (unpaired) electrons. The Morgan fingerprint density at radius 3 is 2.41 bits per heavy atom. The lowest BCUT2D eigenvalue weighted by molar-refractivity contribution is -0.137. The van der Waals surface area contributed by atoms with Crippen LogP contribution in [0.2, 0.25) is 5.02 Å². The number of ketones is 1. The maximum absolute atomic E-state index is 14.3. The molecule has 1 atom stereocenters. The zero-order valence-corrected chi connectivity index (χ0v) is 26.1. The molecule has 10 heteroatoms. The third kappa shape index (κ3) is 5.98. The number of benzene rings is 3. The van der Waals surface area contributed by atoms with Crippen molar-refractivity contribution in [1.82, 2.24) is 0 Å². The second kappa shape index (κ2) is 11.6. The zero-order chi connectivity index (χ0) is 32.1. The molecule has 0 saturated carbocycles. The highest BCUT2D eigenvalue weighted by molar-refractivity contribution is 7.98. The number of hydrogen-bond donors (Lipinski definition) is 1. The van der Waals surface area contributed by atoms with Crippen molar-refractivity contribution < 1.29 is 22.4 Å². The van der Waals surface area contributed by atoms with Crippen molar-refractivity contribution in [3.05, 3.63) is 116 Å². The number of aryl methyl sites for hydroxylation is 1. The molecule has 4 nitrogen and oxygen atoms in total. The molecule has 0 amide bonds. The Morgan fingerprint density at radius 1 is 1.09 bits per heavy atom. The molecule has 0 bridgehead atoms. The van der Waals surface area contributed by atoms with Gasteiger partial charge in [0, 0.05) is 33.4 Å². The molecule has 228 valence electrons. The van der Waals surface area contributed by atoms with E-state index in [0.717, 1.165) is 27.7 Å². The average Bonchev–Trinajstić information content (AvgIpc) is 2.93. The van der Waals surface area contributed by atoms with Crippen LogP contribution in [0.5, 0.6) is 0 Å². The molecule has 0 spiro atoms. The number of Topliss-reactive ketones (excluding diaryl/α,β-unsaturated/α-hetero) is 1. The third-order valence-corrected chi connectivity index (χ3v) is 9.40. The number of rotatable bonds is 5. The first-order chi connectivity index (χ1) is 20.6. The van der Waals surface area contributed by atoms with Gasteiger partial charge in [0.2, 0.25) is 0 Å². The number of nitrogens with zero attached hydrogens (tertiary/aromatic N) is 2. The van der Waals surface area contributed by atoms with Gasteiger partial charge in [0.05, 0.1) is 28.8 Å². The van der Waals surface area contributed by atoms with Crippen LogP contribution < -0.4 is 10.6 Å². The Bertz CT molecular complexity index is 1770. The SMILES string of the molecule is Cc1cc(CSc2ccc(F)cc2)c(C)c(C2C(C#N)=C(N)N(c3ccc(Cl)cc3C(F)(F)F)C3=C2C(=O)CC(C)(C)C3)c1. The summed E-state index contributed by atoms with van der Waals surface area (Å²) in [5.74, 6) is -1.03. The highest BCUT2D eigenvalue weighted by Crippen LogP contribution is 2.52. The molecule has 0 saturated heterocycles. The van der Waals surface area contributed by atoms with Gasteiger partial charge in [-0.25, -0.2) is 4.39 Å². The van der Waals surface area contributed by atoms with Gasteiger partial charge in [0.15, 0.2) is 5.78 Å². The number of thioether (sulfide) groups is 1. The number of allylic oxidation sites excluding steroid dienone is 3. The van der Waals surface area contributed by atoms with Crippen LogP contribution in [0.25, 0.3) is 0 Å². The molecule has 1 unspecified atom stereocenters. The van der Waals surface area contributed by atoms with Crippen molar-refractivity contribution in [1.29, 1.82) is 5.26 Å². The summed E-state index contributed by atoms with van der Waals surface area (Å²) >= 11 is 7.50. The fraction of sp³-hybridized carbons (Fsp3) is 0.294. The molecule has 3 aromatic carbocycles. The average molecular weight is 640 g/mol. The van der Waals surface area contributed by atoms with Crippen LogP contribution in [0.3, 0.4) is 0 Å². The molecule has 0 fully saturated rings. The third-order valence-electron chi connectivity index (χ3n) is 8.10. The summed E-state index contributed by atoms with van der Waals surface area (Å²) in [6.45, 7) is 7.59. The molecule has 1 heterocycles. The summed E-state index contributed by atoms with van der Waals surface area (Å²) in [6.07, 6.45) is -4.34. The first-order valence-corrected chi connectivity index (χ1v) is 15.3. The first-order valence-electron chi connectivity index (χ1n) is 13.9. The largest absolute Gasteiger partial charge is 0.418 e. The molecule has 5 rings (SSSR count). The van der Waals surface area contributed by atoms with Crippen LogP contribution in [0.15, 0.2) is 82.2 Å². The summed E-state index contributed by atoms with van der Waals surface area (Å²) in [4.78, 5) is 16.1. The van der Waals surface area contributed by atoms with E-state index in [0.29, 0.717) is 17.0 Å². The Morgan fingerprint density at radius 2 is 1.77 bits per heavy atom. The fourth-order valence-corrected chi connectivity index (χ4v) is 7.25. The topological polar surface area (TPSA) is 70.1 Å². The second-order valence-electron chi connectivity index (χ2n) is 12.0. The number of carbonyl (C=O) groups excluding carboxylic acids is 1. The molecule has 44 heavy (non-hydrogen) atoms. The number of hydrogen-bond acceptors (Lipinski definition) is 5. The fourth-order valence-electron chi connectivity index (χ4n) is 6.13. The summed E-state index contributed by atoms with van der Waals surface area (Å²) in [5, 5.41) is 10.4. The number of anilines is 1. The normalized spacial score (nSPS) is 18.4.